The summed E-state index contributed by atoms with van der Waals surface area (Å²) in [5.74, 6) is 3.45. The SMILES string of the molecule is NCC(C1CCSC1)N1CCOCC1. The molecule has 0 radical (unpaired) electrons. The Bertz CT molecular complexity index is 168. The Labute approximate surface area is 90.3 Å². The Kier molecular flexibility index (Phi) is 4.10. The van der Waals surface area contributed by atoms with Gasteiger partial charge in [0.2, 0.25) is 0 Å². The molecule has 0 aromatic heterocycles. The van der Waals surface area contributed by atoms with Crippen molar-refractivity contribution >= 4 is 11.8 Å². The lowest BCUT2D eigenvalue weighted by atomic mass is 9.97. The summed E-state index contributed by atoms with van der Waals surface area (Å²) < 4.78 is 5.37. The van der Waals surface area contributed by atoms with Crippen molar-refractivity contribution in [2.24, 2.45) is 11.7 Å². The molecular weight excluding hydrogens is 196 g/mol. The van der Waals surface area contributed by atoms with Crippen LogP contribution in [0, 0.1) is 5.92 Å². The largest absolute Gasteiger partial charge is 0.379 e. The second-order valence-corrected chi connectivity index (χ2v) is 5.22. The smallest absolute Gasteiger partial charge is 0.0594 e. The number of hydrogen-bond acceptors (Lipinski definition) is 4. The summed E-state index contributed by atoms with van der Waals surface area (Å²) >= 11 is 2.08. The summed E-state index contributed by atoms with van der Waals surface area (Å²) in [6.45, 7) is 4.73. The monoisotopic (exact) mass is 216 g/mol. The molecule has 2 heterocycles. The number of rotatable bonds is 3. The van der Waals surface area contributed by atoms with Crippen molar-refractivity contribution in [3.63, 3.8) is 0 Å². The maximum absolute atomic E-state index is 5.89. The van der Waals surface area contributed by atoms with Crippen LogP contribution < -0.4 is 5.73 Å². The Morgan fingerprint density at radius 3 is 2.79 bits per heavy atom. The van der Waals surface area contributed by atoms with Gasteiger partial charge in [0, 0.05) is 25.7 Å². The normalized spacial score (nSPS) is 31.9. The molecule has 2 aliphatic rings. The van der Waals surface area contributed by atoms with Gasteiger partial charge in [0.15, 0.2) is 0 Å². The van der Waals surface area contributed by atoms with Crippen LogP contribution in [0.15, 0.2) is 0 Å². The predicted octanol–water partition coefficient (Wildman–Crippen LogP) is 0.399. The minimum Gasteiger partial charge on any atom is -0.379 e. The van der Waals surface area contributed by atoms with Gasteiger partial charge in [-0.1, -0.05) is 0 Å². The van der Waals surface area contributed by atoms with Gasteiger partial charge in [0.1, 0.15) is 0 Å². The standard InChI is InChI=1S/C10H20N2OS/c11-7-10(9-1-6-14-8-9)12-2-4-13-5-3-12/h9-10H,1-8,11H2. The summed E-state index contributed by atoms with van der Waals surface area (Å²) in [6.07, 6.45) is 1.35. The average molecular weight is 216 g/mol. The number of thioether (sulfide) groups is 1. The van der Waals surface area contributed by atoms with Crippen LogP contribution in [0.1, 0.15) is 6.42 Å². The Morgan fingerprint density at radius 2 is 2.21 bits per heavy atom. The second kappa shape index (κ2) is 5.35. The lowest BCUT2D eigenvalue weighted by Gasteiger charge is -2.36. The van der Waals surface area contributed by atoms with E-state index in [0.29, 0.717) is 6.04 Å². The molecule has 0 aromatic rings. The van der Waals surface area contributed by atoms with E-state index in [1.807, 2.05) is 0 Å². The quantitative estimate of drug-likeness (QED) is 0.741. The number of ether oxygens (including phenoxy) is 1. The van der Waals surface area contributed by atoms with E-state index in [1.165, 1.54) is 17.9 Å². The van der Waals surface area contributed by atoms with Crippen LogP contribution in [-0.2, 0) is 4.74 Å². The van der Waals surface area contributed by atoms with Crippen molar-refractivity contribution in [2.75, 3.05) is 44.4 Å². The second-order valence-electron chi connectivity index (χ2n) is 4.08. The molecule has 2 unspecified atom stereocenters. The van der Waals surface area contributed by atoms with Gasteiger partial charge in [0.25, 0.3) is 0 Å². The van der Waals surface area contributed by atoms with Crippen molar-refractivity contribution in [3.8, 4) is 0 Å². The van der Waals surface area contributed by atoms with E-state index < -0.39 is 0 Å². The van der Waals surface area contributed by atoms with Gasteiger partial charge in [-0.15, -0.1) is 0 Å². The third kappa shape index (κ3) is 2.42. The number of nitrogens with two attached hydrogens (primary N) is 1. The summed E-state index contributed by atoms with van der Waals surface area (Å²) in [5, 5.41) is 0. The van der Waals surface area contributed by atoms with Gasteiger partial charge >= 0.3 is 0 Å². The lowest BCUT2D eigenvalue weighted by molar-refractivity contribution is 0.00753. The average Bonchev–Trinajstić information content (AvgIpc) is 2.74. The van der Waals surface area contributed by atoms with Crippen LogP contribution >= 0.6 is 11.8 Å². The summed E-state index contributed by atoms with van der Waals surface area (Å²) in [6, 6.07) is 0.605. The molecule has 0 bridgehead atoms. The van der Waals surface area contributed by atoms with E-state index in [2.05, 4.69) is 16.7 Å². The molecule has 2 rings (SSSR count). The zero-order chi connectivity index (χ0) is 9.80. The fourth-order valence-electron chi connectivity index (χ4n) is 2.40. The predicted molar refractivity (Wildman–Crippen MR) is 60.7 cm³/mol. The fraction of sp³-hybridized carbons (Fsp3) is 1.00. The molecule has 82 valence electrons. The number of nitrogens with zero attached hydrogens (tertiary/aromatic N) is 1. The van der Waals surface area contributed by atoms with Gasteiger partial charge in [-0.05, 0) is 23.8 Å². The van der Waals surface area contributed by atoms with Crippen LogP contribution in [-0.4, -0.2) is 55.3 Å². The molecule has 2 aliphatic heterocycles. The van der Waals surface area contributed by atoms with Gasteiger partial charge in [-0.25, -0.2) is 0 Å². The summed E-state index contributed by atoms with van der Waals surface area (Å²) in [5.41, 5.74) is 5.89. The van der Waals surface area contributed by atoms with Crippen molar-refractivity contribution < 1.29 is 4.74 Å². The first-order valence-electron chi connectivity index (χ1n) is 5.51. The molecule has 0 spiro atoms. The van der Waals surface area contributed by atoms with Gasteiger partial charge in [-0.2, -0.15) is 11.8 Å². The fourth-order valence-corrected chi connectivity index (χ4v) is 3.73. The van der Waals surface area contributed by atoms with E-state index >= 15 is 0 Å². The van der Waals surface area contributed by atoms with Crippen LogP contribution in [0.25, 0.3) is 0 Å². The van der Waals surface area contributed by atoms with Crippen LogP contribution in [0.2, 0.25) is 0 Å². The van der Waals surface area contributed by atoms with E-state index in [4.69, 9.17) is 10.5 Å². The van der Waals surface area contributed by atoms with Gasteiger partial charge in [0.05, 0.1) is 13.2 Å². The Balaban J connectivity index is 1.89. The zero-order valence-corrected chi connectivity index (χ0v) is 9.47. The highest BCUT2D eigenvalue weighted by molar-refractivity contribution is 7.99. The van der Waals surface area contributed by atoms with E-state index in [1.54, 1.807) is 0 Å². The molecule has 0 amide bonds. The first-order valence-corrected chi connectivity index (χ1v) is 6.67. The van der Waals surface area contributed by atoms with Gasteiger partial charge < -0.3 is 10.5 Å². The van der Waals surface area contributed by atoms with E-state index in [-0.39, 0.29) is 0 Å². The van der Waals surface area contributed by atoms with Crippen molar-refractivity contribution in [3.05, 3.63) is 0 Å². The molecule has 2 fully saturated rings. The van der Waals surface area contributed by atoms with Crippen molar-refractivity contribution in [2.45, 2.75) is 12.5 Å². The Hall–Kier alpha value is 0.230. The van der Waals surface area contributed by atoms with E-state index in [9.17, 15) is 0 Å². The first kappa shape index (κ1) is 10.7. The third-order valence-electron chi connectivity index (χ3n) is 3.27. The molecule has 14 heavy (non-hydrogen) atoms. The minimum absolute atomic E-state index is 0.605. The number of hydrogen-bond donors (Lipinski definition) is 1. The van der Waals surface area contributed by atoms with Crippen LogP contribution in [0.5, 0.6) is 0 Å². The maximum Gasteiger partial charge on any atom is 0.0594 e. The molecule has 0 aromatic carbocycles. The van der Waals surface area contributed by atoms with Gasteiger partial charge in [-0.3, -0.25) is 4.90 Å². The summed E-state index contributed by atoms with van der Waals surface area (Å²) in [7, 11) is 0. The Morgan fingerprint density at radius 1 is 1.43 bits per heavy atom. The molecule has 3 nitrogen and oxygen atoms in total. The van der Waals surface area contributed by atoms with Crippen molar-refractivity contribution in [1.82, 2.24) is 4.90 Å². The molecular formula is C10H20N2OS. The molecule has 2 N–H and O–H groups in total. The third-order valence-corrected chi connectivity index (χ3v) is 4.45. The zero-order valence-electron chi connectivity index (χ0n) is 8.65. The van der Waals surface area contributed by atoms with Crippen molar-refractivity contribution in [1.29, 1.82) is 0 Å². The topological polar surface area (TPSA) is 38.5 Å². The molecule has 0 saturated carbocycles. The molecule has 2 atom stereocenters. The highest BCUT2D eigenvalue weighted by atomic mass is 32.2. The molecule has 4 heteroatoms. The number of morpholine rings is 1. The van der Waals surface area contributed by atoms with Crippen LogP contribution in [0.4, 0.5) is 0 Å². The molecule has 0 aliphatic carbocycles. The van der Waals surface area contributed by atoms with E-state index in [0.717, 1.165) is 38.8 Å². The van der Waals surface area contributed by atoms with Crippen LogP contribution in [0.3, 0.4) is 0 Å². The highest BCUT2D eigenvalue weighted by Gasteiger charge is 2.29. The maximum atomic E-state index is 5.89. The molecule has 2 saturated heterocycles. The first-order chi connectivity index (χ1) is 6.92. The highest BCUT2D eigenvalue weighted by Crippen LogP contribution is 2.28. The minimum atomic E-state index is 0.605. The lowest BCUT2D eigenvalue weighted by Crippen LogP contribution is -2.50. The summed E-state index contributed by atoms with van der Waals surface area (Å²) in [4.78, 5) is 2.53.